The maximum absolute atomic E-state index is 6.11. The maximum atomic E-state index is 6.11. The first kappa shape index (κ1) is 20.8. The summed E-state index contributed by atoms with van der Waals surface area (Å²) in [5.41, 5.74) is 9.54. The van der Waals surface area contributed by atoms with Crippen LogP contribution in [0.2, 0.25) is 0 Å². The number of allylic oxidation sites excluding steroid dienone is 2. The number of aryl methyl sites for hydroxylation is 1. The molecule has 1 aliphatic heterocycles. The van der Waals surface area contributed by atoms with Crippen molar-refractivity contribution < 1.29 is 4.74 Å². The first-order chi connectivity index (χ1) is 14.6. The number of thiophene rings is 1. The lowest BCUT2D eigenvalue weighted by atomic mass is 10.0. The quantitative estimate of drug-likeness (QED) is 0.545. The zero-order valence-corrected chi connectivity index (χ0v) is 18.5. The number of nitrogens with two attached hydrogens (primary N) is 1. The predicted octanol–water partition coefficient (Wildman–Crippen LogP) is 4.89. The van der Waals surface area contributed by atoms with Crippen LogP contribution < -0.4 is 10.6 Å². The fourth-order valence-corrected chi connectivity index (χ4v) is 5.10. The van der Waals surface area contributed by atoms with Crippen molar-refractivity contribution in [1.29, 1.82) is 0 Å². The zero-order chi connectivity index (χ0) is 21.1. The van der Waals surface area contributed by atoms with Crippen LogP contribution >= 0.6 is 11.3 Å². The third kappa shape index (κ3) is 4.18. The number of nitrogens with zero attached hydrogens (tertiary/aromatic N) is 4. The Labute approximate surface area is 181 Å². The van der Waals surface area contributed by atoms with E-state index in [2.05, 4.69) is 41.4 Å². The van der Waals surface area contributed by atoms with E-state index in [-0.39, 0.29) is 0 Å². The normalized spacial score (nSPS) is 15.9. The van der Waals surface area contributed by atoms with E-state index in [1.165, 1.54) is 11.1 Å². The molecule has 0 saturated carbocycles. The summed E-state index contributed by atoms with van der Waals surface area (Å²) >= 11 is 1.60. The van der Waals surface area contributed by atoms with Gasteiger partial charge in [-0.2, -0.15) is 0 Å². The van der Waals surface area contributed by atoms with E-state index in [1.54, 1.807) is 17.7 Å². The van der Waals surface area contributed by atoms with Gasteiger partial charge in [0.2, 0.25) is 0 Å². The Morgan fingerprint density at radius 1 is 1.37 bits per heavy atom. The first-order valence-corrected chi connectivity index (χ1v) is 11.4. The minimum absolute atomic E-state index is 0.299. The van der Waals surface area contributed by atoms with Gasteiger partial charge in [-0.25, -0.2) is 15.0 Å². The Balaban J connectivity index is 1.56. The third-order valence-electron chi connectivity index (χ3n) is 5.56. The highest BCUT2D eigenvalue weighted by atomic mass is 32.1. The standard InChI is InChI=1S/C23H29N5OS/c1-4-6-15(3)13-29-17-8-10-28(11-9-17)18-12-16(7-5-2)19-20-21(30-23(19)27-18)22(24)26-14-25-20/h4,6,12,14,17H,1,5,7-11,13H2,2-3H3,(H2,24,25,26)/b15-6+. The number of anilines is 2. The summed E-state index contributed by atoms with van der Waals surface area (Å²) in [6, 6.07) is 2.24. The van der Waals surface area contributed by atoms with Gasteiger partial charge < -0.3 is 15.4 Å². The lowest BCUT2D eigenvalue weighted by molar-refractivity contribution is 0.0520. The van der Waals surface area contributed by atoms with Crippen LogP contribution in [0.4, 0.5) is 11.6 Å². The molecule has 3 aromatic rings. The van der Waals surface area contributed by atoms with E-state index in [0.29, 0.717) is 18.5 Å². The van der Waals surface area contributed by atoms with Gasteiger partial charge >= 0.3 is 0 Å². The summed E-state index contributed by atoms with van der Waals surface area (Å²) in [4.78, 5) is 17.1. The third-order valence-corrected chi connectivity index (χ3v) is 6.65. The highest BCUT2D eigenvalue weighted by molar-refractivity contribution is 7.26. The van der Waals surface area contributed by atoms with E-state index in [0.717, 1.165) is 65.0 Å². The molecule has 30 heavy (non-hydrogen) atoms. The summed E-state index contributed by atoms with van der Waals surface area (Å²) in [6.07, 6.45) is 9.75. The van der Waals surface area contributed by atoms with E-state index in [4.69, 9.17) is 15.5 Å². The molecule has 4 heterocycles. The van der Waals surface area contributed by atoms with Crippen molar-refractivity contribution in [2.45, 2.75) is 45.6 Å². The van der Waals surface area contributed by atoms with Crippen molar-refractivity contribution in [3.63, 3.8) is 0 Å². The molecule has 6 nitrogen and oxygen atoms in total. The van der Waals surface area contributed by atoms with Gasteiger partial charge in [-0.1, -0.05) is 32.1 Å². The molecule has 2 N–H and O–H groups in total. The molecule has 0 atom stereocenters. The zero-order valence-electron chi connectivity index (χ0n) is 17.7. The van der Waals surface area contributed by atoms with Crippen molar-refractivity contribution in [1.82, 2.24) is 15.0 Å². The average Bonchev–Trinajstić information content (AvgIpc) is 3.13. The van der Waals surface area contributed by atoms with Crippen molar-refractivity contribution in [2.75, 3.05) is 30.3 Å². The van der Waals surface area contributed by atoms with Gasteiger partial charge in [0, 0.05) is 18.5 Å². The van der Waals surface area contributed by atoms with Gasteiger partial charge in [0.1, 0.15) is 22.8 Å². The van der Waals surface area contributed by atoms with E-state index in [9.17, 15) is 0 Å². The Morgan fingerprint density at radius 2 is 2.17 bits per heavy atom. The Morgan fingerprint density at radius 3 is 2.90 bits per heavy atom. The summed E-state index contributed by atoms with van der Waals surface area (Å²) in [5, 5.41) is 1.14. The van der Waals surface area contributed by atoms with Gasteiger partial charge in [-0.15, -0.1) is 11.3 Å². The molecule has 1 saturated heterocycles. The van der Waals surface area contributed by atoms with Crippen LogP contribution in [0.3, 0.4) is 0 Å². The highest BCUT2D eigenvalue weighted by Gasteiger charge is 2.23. The van der Waals surface area contributed by atoms with Crippen LogP contribution in [0.5, 0.6) is 0 Å². The van der Waals surface area contributed by atoms with Crippen molar-refractivity contribution >= 4 is 43.4 Å². The van der Waals surface area contributed by atoms with Gasteiger partial charge in [-0.05, 0) is 43.4 Å². The van der Waals surface area contributed by atoms with E-state index in [1.807, 2.05) is 12.2 Å². The molecule has 158 valence electrons. The second kappa shape index (κ2) is 9.10. The number of rotatable bonds is 7. The Kier molecular flexibility index (Phi) is 6.29. The molecule has 1 fully saturated rings. The lowest BCUT2D eigenvalue weighted by Crippen LogP contribution is -2.37. The molecule has 0 bridgehead atoms. The fraction of sp³-hybridized carbons (Fsp3) is 0.435. The van der Waals surface area contributed by atoms with Crippen LogP contribution in [0.15, 0.2) is 36.7 Å². The van der Waals surface area contributed by atoms with E-state index < -0.39 is 0 Å². The van der Waals surface area contributed by atoms with Crippen molar-refractivity contribution in [3.8, 4) is 0 Å². The number of nitrogen functional groups attached to an aromatic ring is 1. The number of hydrogen-bond donors (Lipinski definition) is 1. The topological polar surface area (TPSA) is 77.2 Å². The first-order valence-electron chi connectivity index (χ1n) is 10.6. The molecular formula is C23H29N5OS. The lowest BCUT2D eigenvalue weighted by Gasteiger charge is -2.33. The molecule has 0 unspecified atom stereocenters. The Bertz CT molecular complexity index is 1080. The smallest absolute Gasteiger partial charge is 0.144 e. The maximum Gasteiger partial charge on any atom is 0.144 e. The SMILES string of the molecule is C=C/C=C(\C)COC1CCN(c2cc(CCC)c3c(n2)sc2c(N)ncnc23)CC1. The summed E-state index contributed by atoms with van der Waals surface area (Å²) in [6.45, 7) is 10.6. The number of pyridine rings is 1. The van der Waals surface area contributed by atoms with Gasteiger partial charge in [0.05, 0.1) is 22.9 Å². The summed E-state index contributed by atoms with van der Waals surface area (Å²) in [7, 11) is 0. The summed E-state index contributed by atoms with van der Waals surface area (Å²) < 4.78 is 7.01. The highest BCUT2D eigenvalue weighted by Crippen LogP contribution is 2.38. The number of hydrogen-bond acceptors (Lipinski definition) is 7. The molecule has 7 heteroatoms. The average molecular weight is 424 g/mol. The Hall–Kier alpha value is -2.51. The van der Waals surface area contributed by atoms with Gasteiger partial charge in [0.15, 0.2) is 0 Å². The monoisotopic (exact) mass is 423 g/mol. The van der Waals surface area contributed by atoms with Crippen LogP contribution in [0.1, 0.15) is 38.7 Å². The minimum atomic E-state index is 0.299. The van der Waals surface area contributed by atoms with E-state index >= 15 is 0 Å². The van der Waals surface area contributed by atoms with Crippen LogP contribution in [-0.4, -0.2) is 40.8 Å². The predicted molar refractivity (Wildman–Crippen MR) is 126 cm³/mol. The second-order valence-electron chi connectivity index (χ2n) is 7.85. The molecule has 0 radical (unpaired) electrons. The molecule has 0 aromatic carbocycles. The largest absolute Gasteiger partial charge is 0.382 e. The molecular weight excluding hydrogens is 394 g/mol. The van der Waals surface area contributed by atoms with Crippen molar-refractivity contribution in [3.05, 3.63) is 42.3 Å². The summed E-state index contributed by atoms with van der Waals surface area (Å²) in [5.74, 6) is 1.58. The molecule has 4 rings (SSSR count). The molecule has 0 spiro atoms. The molecule has 3 aromatic heterocycles. The number of aromatic nitrogens is 3. The van der Waals surface area contributed by atoms with Crippen LogP contribution in [0.25, 0.3) is 20.4 Å². The second-order valence-corrected chi connectivity index (χ2v) is 8.85. The number of piperidine rings is 1. The number of ether oxygens (including phenoxy) is 1. The van der Waals surface area contributed by atoms with Crippen LogP contribution in [-0.2, 0) is 11.2 Å². The fourth-order valence-electron chi connectivity index (χ4n) is 4.03. The van der Waals surface area contributed by atoms with Gasteiger partial charge in [0.25, 0.3) is 0 Å². The molecule has 0 aliphatic carbocycles. The molecule has 1 aliphatic rings. The van der Waals surface area contributed by atoms with Crippen LogP contribution in [0, 0.1) is 0 Å². The number of fused-ring (bicyclic) bond motifs is 3. The van der Waals surface area contributed by atoms with Gasteiger partial charge in [-0.3, -0.25) is 0 Å². The minimum Gasteiger partial charge on any atom is -0.382 e. The van der Waals surface area contributed by atoms with Crippen molar-refractivity contribution in [2.24, 2.45) is 0 Å². The molecule has 0 amide bonds.